The van der Waals surface area contributed by atoms with Gasteiger partial charge in [0.25, 0.3) is 5.91 Å². The van der Waals surface area contributed by atoms with Gasteiger partial charge < -0.3 is 14.8 Å². The monoisotopic (exact) mass is 382 g/mol. The first kappa shape index (κ1) is 18.8. The van der Waals surface area contributed by atoms with Crippen LogP contribution in [0.1, 0.15) is 44.1 Å². The highest BCUT2D eigenvalue weighted by Crippen LogP contribution is 2.59. The molecule has 4 bridgehead atoms. The molecule has 6 nitrogen and oxygen atoms in total. The standard InChI is InChI=1S/C22H26N2O4/c23-11-15-1-3-19(4-2-15)27-13-21(26)28-12-20(25)24-14-22-8-16-5-17(9-22)7-18(6-16)10-22/h1-4,16-18H,5-10,12-14H2,(H,24,25). The van der Waals surface area contributed by atoms with Gasteiger partial charge in [0.2, 0.25) is 0 Å². The summed E-state index contributed by atoms with van der Waals surface area (Å²) >= 11 is 0. The molecule has 0 saturated heterocycles. The summed E-state index contributed by atoms with van der Waals surface area (Å²) in [5, 5.41) is 11.7. The van der Waals surface area contributed by atoms with Crippen LogP contribution in [0.5, 0.6) is 5.75 Å². The number of rotatable bonds is 7. The zero-order valence-electron chi connectivity index (χ0n) is 16.0. The summed E-state index contributed by atoms with van der Waals surface area (Å²) in [5.74, 6) is 2.18. The third kappa shape index (κ3) is 4.30. The van der Waals surface area contributed by atoms with Gasteiger partial charge >= 0.3 is 5.97 Å². The highest BCUT2D eigenvalue weighted by atomic mass is 16.6. The average molecular weight is 382 g/mol. The SMILES string of the molecule is N#Cc1ccc(OCC(=O)OCC(=O)NCC23CC4CC(CC(C4)C2)C3)cc1. The highest BCUT2D eigenvalue weighted by Gasteiger charge is 2.50. The van der Waals surface area contributed by atoms with Crippen molar-refractivity contribution < 1.29 is 19.1 Å². The predicted octanol–water partition coefficient (Wildman–Crippen LogP) is 2.81. The zero-order chi connectivity index (χ0) is 19.6. The number of ether oxygens (including phenoxy) is 2. The molecule has 4 fully saturated rings. The van der Waals surface area contributed by atoms with Gasteiger partial charge in [-0.1, -0.05) is 0 Å². The maximum absolute atomic E-state index is 12.1. The lowest BCUT2D eigenvalue weighted by molar-refractivity contribution is -0.150. The molecule has 1 amide bonds. The van der Waals surface area contributed by atoms with E-state index in [1.165, 1.54) is 38.5 Å². The van der Waals surface area contributed by atoms with Crippen molar-refractivity contribution in [1.82, 2.24) is 5.32 Å². The van der Waals surface area contributed by atoms with E-state index >= 15 is 0 Å². The Kier molecular flexibility index (Phi) is 5.25. The minimum Gasteiger partial charge on any atom is -0.482 e. The van der Waals surface area contributed by atoms with Crippen LogP contribution in [0, 0.1) is 34.5 Å². The number of nitrogens with one attached hydrogen (secondary N) is 1. The molecule has 0 radical (unpaired) electrons. The van der Waals surface area contributed by atoms with Gasteiger partial charge in [0, 0.05) is 6.54 Å². The average Bonchev–Trinajstić information content (AvgIpc) is 2.68. The molecule has 28 heavy (non-hydrogen) atoms. The molecule has 0 spiro atoms. The van der Waals surface area contributed by atoms with Gasteiger partial charge in [-0.05, 0) is 86.0 Å². The summed E-state index contributed by atoms with van der Waals surface area (Å²) < 4.78 is 10.3. The summed E-state index contributed by atoms with van der Waals surface area (Å²) in [4.78, 5) is 23.9. The van der Waals surface area contributed by atoms with E-state index in [0.717, 1.165) is 17.8 Å². The van der Waals surface area contributed by atoms with Gasteiger partial charge in [0.1, 0.15) is 5.75 Å². The van der Waals surface area contributed by atoms with E-state index in [-0.39, 0.29) is 24.5 Å². The molecule has 1 aromatic rings. The van der Waals surface area contributed by atoms with E-state index in [9.17, 15) is 9.59 Å². The Morgan fingerprint density at radius 1 is 1.04 bits per heavy atom. The van der Waals surface area contributed by atoms with E-state index in [1.54, 1.807) is 24.3 Å². The van der Waals surface area contributed by atoms with Gasteiger partial charge in [-0.25, -0.2) is 4.79 Å². The number of benzene rings is 1. The van der Waals surface area contributed by atoms with Crippen molar-refractivity contribution in [3.63, 3.8) is 0 Å². The van der Waals surface area contributed by atoms with Gasteiger partial charge in [0.15, 0.2) is 13.2 Å². The fourth-order valence-corrected chi connectivity index (χ4v) is 5.80. The van der Waals surface area contributed by atoms with E-state index in [1.807, 2.05) is 6.07 Å². The molecular formula is C22H26N2O4. The molecule has 5 rings (SSSR count). The van der Waals surface area contributed by atoms with Crippen LogP contribution in [-0.4, -0.2) is 31.6 Å². The Labute approximate surface area is 165 Å². The first-order chi connectivity index (χ1) is 13.5. The molecule has 6 heteroatoms. The predicted molar refractivity (Wildman–Crippen MR) is 101 cm³/mol. The number of esters is 1. The lowest BCUT2D eigenvalue weighted by Gasteiger charge is -2.56. The van der Waals surface area contributed by atoms with Crippen LogP contribution >= 0.6 is 0 Å². The Morgan fingerprint density at radius 2 is 1.64 bits per heavy atom. The second kappa shape index (κ2) is 7.83. The molecule has 4 saturated carbocycles. The Balaban J connectivity index is 1.16. The van der Waals surface area contributed by atoms with Crippen molar-refractivity contribution in [2.75, 3.05) is 19.8 Å². The molecule has 0 heterocycles. The topological polar surface area (TPSA) is 88.4 Å². The normalized spacial score (nSPS) is 29.8. The minimum atomic E-state index is -0.589. The zero-order valence-corrected chi connectivity index (χ0v) is 16.0. The van der Waals surface area contributed by atoms with Crippen molar-refractivity contribution >= 4 is 11.9 Å². The first-order valence-electron chi connectivity index (χ1n) is 10.1. The second-order valence-corrected chi connectivity index (χ2v) is 8.78. The van der Waals surface area contributed by atoms with Crippen LogP contribution in [-0.2, 0) is 14.3 Å². The van der Waals surface area contributed by atoms with Gasteiger partial charge in [-0.15, -0.1) is 0 Å². The molecule has 0 atom stereocenters. The minimum absolute atomic E-state index is 0.248. The fourth-order valence-electron chi connectivity index (χ4n) is 5.80. The molecule has 4 aliphatic rings. The number of hydrogen-bond donors (Lipinski definition) is 1. The number of amides is 1. The van der Waals surface area contributed by atoms with Crippen LogP contribution in [0.3, 0.4) is 0 Å². The first-order valence-corrected chi connectivity index (χ1v) is 10.1. The Morgan fingerprint density at radius 3 is 2.21 bits per heavy atom. The Bertz CT molecular complexity index is 745. The molecule has 0 aromatic heterocycles. The van der Waals surface area contributed by atoms with Gasteiger partial charge in [-0.2, -0.15) is 5.26 Å². The lowest BCUT2D eigenvalue weighted by Crippen LogP contribution is -2.51. The number of carbonyl (C=O) groups excluding carboxylic acids is 2. The Hall–Kier alpha value is -2.55. The van der Waals surface area contributed by atoms with Crippen LogP contribution in [0.4, 0.5) is 0 Å². The number of nitrogens with zero attached hydrogens (tertiary/aromatic N) is 1. The van der Waals surface area contributed by atoms with Crippen LogP contribution < -0.4 is 10.1 Å². The summed E-state index contributed by atoms with van der Waals surface area (Å²) in [7, 11) is 0. The van der Waals surface area contributed by atoms with Gasteiger partial charge in [-0.3, -0.25) is 4.79 Å². The van der Waals surface area contributed by atoms with E-state index < -0.39 is 5.97 Å². The molecule has 0 unspecified atom stereocenters. The number of hydrogen-bond acceptors (Lipinski definition) is 5. The van der Waals surface area contributed by atoms with Crippen molar-refractivity contribution in [1.29, 1.82) is 5.26 Å². The summed E-state index contributed by atoms with van der Waals surface area (Å²) in [6, 6.07) is 8.46. The number of nitriles is 1. The van der Waals surface area contributed by atoms with Crippen molar-refractivity contribution in [2.45, 2.75) is 38.5 Å². The highest BCUT2D eigenvalue weighted by molar-refractivity contribution is 5.80. The maximum atomic E-state index is 12.1. The van der Waals surface area contributed by atoms with Crippen molar-refractivity contribution in [3.8, 4) is 11.8 Å². The van der Waals surface area contributed by atoms with Crippen LogP contribution in [0.15, 0.2) is 24.3 Å². The number of carbonyl (C=O) groups is 2. The van der Waals surface area contributed by atoms with E-state index in [2.05, 4.69) is 5.32 Å². The lowest BCUT2D eigenvalue weighted by atomic mass is 9.49. The van der Waals surface area contributed by atoms with Crippen molar-refractivity contribution in [3.05, 3.63) is 29.8 Å². The second-order valence-electron chi connectivity index (χ2n) is 8.78. The quantitative estimate of drug-likeness (QED) is 0.733. The molecule has 1 N–H and O–H groups in total. The molecular weight excluding hydrogens is 356 g/mol. The van der Waals surface area contributed by atoms with E-state index in [0.29, 0.717) is 17.9 Å². The molecule has 0 aliphatic heterocycles. The van der Waals surface area contributed by atoms with E-state index in [4.69, 9.17) is 14.7 Å². The summed E-state index contributed by atoms with van der Waals surface area (Å²) in [6.45, 7) is 0.157. The summed E-state index contributed by atoms with van der Waals surface area (Å²) in [5.41, 5.74) is 0.790. The van der Waals surface area contributed by atoms with Crippen molar-refractivity contribution in [2.24, 2.45) is 23.2 Å². The smallest absolute Gasteiger partial charge is 0.344 e. The van der Waals surface area contributed by atoms with Crippen LogP contribution in [0.25, 0.3) is 0 Å². The maximum Gasteiger partial charge on any atom is 0.344 e. The largest absolute Gasteiger partial charge is 0.482 e. The third-order valence-electron chi connectivity index (χ3n) is 6.53. The summed E-state index contributed by atoms with van der Waals surface area (Å²) in [6.07, 6.45) is 7.84. The molecule has 148 valence electrons. The molecule has 4 aliphatic carbocycles. The van der Waals surface area contributed by atoms with Gasteiger partial charge in [0.05, 0.1) is 11.6 Å². The van der Waals surface area contributed by atoms with Crippen LogP contribution in [0.2, 0.25) is 0 Å². The fraction of sp³-hybridized carbons (Fsp3) is 0.591. The third-order valence-corrected chi connectivity index (χ3v) is 6.53. The molecule has 1 aromatic carbocycles.